The summed E-state index contributed by atoms with van der Waals surface area (Å²) in [7, 11) is 2.14. The standard InChI is InChI=1S/C18H24N2O/c1-20(15-17-6-3-2-4-7-17)12-5-13-21-18-10-8-16(14-19)9-11-18/h2-4,6-11H,5,12-15,19H2,1H3. The molecule has 0 aliphatic carbocycles. The van der Waals surface area contributed by atoms with Gasteiger partial charge in [0.1, 0.15) is 5.75 Å². The van der Waals surface area contributed by atoms with Crippen molar-refractivity contribution in [1.29, 1.82) is 0 Å². The summed E-state index contributed by atoms with van der Waals surface area (Å²) in [4.78, 5) is 2.32. The molecule has 0 radical (unpaired) electrons. The number of ether oxygens (including phenoxy) is 1. The summed E-state index contributed by atoms with van der Waals surface area (Å²) in [5.41, 5.74) is 8.05. The van der Waals surface area contributed by atoms with Crippen LogP contribution in [0.5, 0.6) is 5.75 Å². The van der Waals surface area contributed by atoms with Gasteiger partial charge in [0.15, 0.2) is 0 Å². The summed E-state index contributed by atoms with van der Waals surface area (Å²) in [6.45, 7) is 3.31. The van der Waals surface area contributed by atoms with Crippen LogP contribution in [-0.2, 0) is 13.1 Å². The van der Waals surface area contributed by atoms with Crippen molar-refractivity contribution in [3.63, 3.8) is 0 Å². The second kappa shape index (κ2) is 8.45. The molecule has 0 saturated carbocycles. The van der Waals surface area contributed by atoms with Crippen molar-refractivity contribution in [2.24, 2.45) is 5.73 Å². The van der Waals surface area contributed by atoms with Crippen LogP contribution < -0.4 is 10.5 Å². The Morgan fingerprint density at radius 3 is 2.33 bits per heavy atom. The molecule has 0 unspecified atom stereocenters. The van der Waals surface area contributed by atoms with Crippen molar-refractivity contribution in [1.82, 2.24) is 4.90 Å². The van der Waals surface area contributed by atoms with Crippen LogP contribution in [0.3, 0.4) is 0 Å². The third-order valence-electron chi connectivity index (χ3n) is 3.41. The molecule has 2 aromatic rings. The van der Waals surface area contributed by atoms with Gasteiger partial charge in [0, 0.05) is 19.6 Å². The van der Waals surface area contributed by atoms with Crippen molar-refractivity contribution >= 4 is 0 Å². The van der Waals surface area contributed by atoms with Crippen LogP contribution in [0.1, 0.15) is 17.5 Å². The Balaban J connectivity index is 1.64. The van der Waals surface area contributed by atoms with E-state index in [4.69, 9.17) is 10.5 Å². The van der Waals surface area contributed by atoms with E-state index in [0.29, 0.717) is 6.54 Å². The number of nitrogens with two attached hydrogens (primary N) is 1. The molecule has 21 heavy (non-hydrogen) atoms. The van der Waals surface area contributed by atoms with E-state index in [0.717, 1.165) is 37.4 Å². The Morgan fingerprint density at radius 2 is 1.67 bits per heavy atom. The Morgan fingerprint density at radius 1 is 0.952 bits per heavy atom. The third-order valence-corrected chi connectivity index (χ3v) is 3.41. The molecule has 112 valence electrons. The number of benzene rings is 2. The summed E-state index contributed by atoms with van der Waals surface area (Å²) in [5.74, 6) is 0.915. The lowest BCUT2D eigenvalue weighted by molar-refractivity contribution is 0.259. The molecule has 0 aromatic heterocycles. The number of hydrogen-bond acceptors (Lipinski definition) is 3. The fourth-order valence-electron chi connectivity index (χ4n) is 2.22. The van der Waals surface area contributed by atoms with Crippen LogP contribution in [0.4, 0.5) is 0 Å². The molecular weight excluding hydrogens is 260 g/mol. The van der Waals surface area contributed by atoms with Gasteiger partial charge in [-0.25, -0.2) is 0 Å². The van der Waals surface area contributed by atoms with Crippen molar-refractivity contribution in [2.45, 2.75) is 19.5 Å². The fourth-order valence-corrected chi connectivity index (χ4v) is 2.22. The molecular formula is C18H24N2O. The monoisotopic (exact) mass is 284 g/mol. The smallest absolute Gasteiger partial charge is 0.119 e. The zero-order chi connectivity index (χ0) is 14.9. The lowest BCUT2D eigenvalue weighted by Gasteiger charge is -2.16. The van der Waals surface area contributed by atoms with E-state index < -0.39 is 0 Å². The molecule has 2 N–H and O–H groups in total. The summed E-state index contributed by atoms with van der Waals surface area (Å²) in [6, 6.07) is 18.5. The van der Waals surface area contributed by atoms with Gasteiger partial charge in [-0.1, -0.05) is 42.5 Å². The van der Waals surface area contributed by atoms with Gasteiger partial charge >= 0.3 is 0 Å². The minimum absolute atomic E-state index is 0.574. The normalized spacial score (nSPS) is 10.8. The van der Waals surface area contributed by atoms with Crippen LogP contribution in [0, 0.1) is 0 Å². The van der Waals surface area contributed by atoms with E-state index in [-0.39, 0.29) is 0 Å². The zero-order valence-electron chi connectivity index (χ0n) is 12.7. The average Bonchev–Trinajstić information content (AvgIpc) is 2.53. The molecule has 0 aliphatic rings. The van der Waals surface area contributed by atoms with E-state index in [1.807, 2.05) is 30.3 Å². The molecule has 2 aromatic carbocycles. The second-order valence-corrected chi connectivity index (χ2v) is 5.27. The summed E-state index contributed by atoms with van der Waals surface area (Å²) < 4.78 is 5.74. The fraction of sp³-hybridized carbons (Fsp3) is 0.333. The Labute approximate surface area is 127 Å². The van der Waals surface area contributed by atoms with Crippen LogP contribution in [-0.4, -0.2) is 25.1 Å². The lowest BCUT2D eigenvalue weighted by Crippen LogP contribution is -2.20. The van der Waals surface area contributed by atoms with Crippen LogP contribution in [0.25, 0.3) is 0 Å². The SMILES string of the molecule is CN(CCCOc1ccc(CN)cc1)Cc1ccccc1. The van der Waals surface area contributed by atoms with E-state index >= 15 is 0 Å². The molecule has 0 saturated heterocycles. The largest absolute Gasteiger partial charge is 0.494 e. The minimum Gasteiger partial charge on any atom is -0.494 e. The first kappa shape index (κ1) is 15.5. The molecule has 3 heteroatoms. The maximum absolute atomic E-state index is 5.74. The van der Waals surface area contributed by atoms with Gasteiger partial charge in [-0.15, -0.1) is 0 Å². The van der Waals surface area contributed by atoms with Crippen molar-refractivity contribution < 1.29 is 4.74 Å². The molecule has 0 heterocycles. The summed E-state index contributed by atoms with van der Waals surface area (Å²) in [5, 5.41) is 0. The Kier molecular flexibility index (Phi) is 6.25. The highest BCUT2D eigenvalue weighted by Crippen LogP contribution is 2.12. The van der Waals surface area contributed by atoms with Gasteiger partial charge in [-0.3, -0.25) is 0 Å². The predicted octanol–water partition coefficient (Wildman–Crippen LogP) is 3.05. The molecule has 3 nitrogen and oxygen atoms in total. The molecule has 0 amide bonds. The predicted molar refractivity (Wildman–Crippen MR) is 87.2 cm³/mol. The van der Waals surface area contributed by atoms with Gasteiger partial charge < -0.3 is 15.4 Å². The van der Waals surface area contributed by atoms with E-state index in [9.17, 15) is 0 Å². The second-order valence-electron chi connectivity index (χ2n) is 5.27. The molecule has 0 aliphatic heterocycles. The average molecular weight is 284 g/mol. The number of nitrogens with zero attached hydrogens (tertiary/aromatic N) is 1. The first-order chi connectivity index (χ1) is 10.3. The van der Waals surface area contributed by atoms with Gasteiger partial charge in [0.2, 0.25) is 0 Å². The van der Waals surface area contributed by atoms with E-state index in [1.54, 1.807) is 0 Å². The lowest BCUT2D eigenvalue weighted by atomic mass is 10.2. The first-order valence-electron chi connectivity index (χ1n) is 7.42. The van der Waals surface area contributed by atoms with Gasteiger partial charge in [0.25, 0.3) is 0 Å². The maximum Gasteiger partial charge on any atom is 0.119 e. The molecule has 2 rings (SSSR count). The van der Waals surface area contributed by atoms with Gasteiger partial charge in [0.05, 0.1) is 6.61 Å². The van der Waals surface area contributed by atoms with Crippen LogP contribution in [0.2, 0.25) is 0 Å². The number of hydrogen-bond donors (Lipinski definition) is 1. The molecule has 0 fully saturated rings. The number of rotatable bonds is 8. The highest BCUT2D eigenvalue weighted by Gasteiger charge is 2.00. The van der Waals surface area contributed by atoms with E-state index in [1.165, 1.54) is 5.56 Å². The van der Waals surface area contributed by atoms with Crippen molar-refractivity contribution in [3.05, 3.63) is 65.7 Å². The zero-order valence-corrected chi connectivity index (χ0v) is 12.7. The summed E-state index contributed by atoms with van der Waals surface area (Å²) in [6.07, 6.45) is 1.02. The summed E-state index contributed by atoms with van der Waals surface area (Å²) >= 11 is 0. The highest BCUT2D eigenvalue weighted by atomic mass is 16.5. The van der Waals surface area contributed by atoms with E-state index in [2.05, 4.69) is 36.2 Å². The van der Waals surface area contributed by atoms with Crippen molar-refractivity contribution in [3.8, 4) is 5.75 Å². The van der Waals surface area contributed by atoms with Crippen LogP contribution >= 0.6 is 0 Å². The van der Waals surface area contributed by atoms with Gasteiger partial charge in [-0.05, 0) is 36.7 Å². The Hall–Kier alpha value is -1.84. The highest BCUT2D eigenvalue weighted by molar-refractivity contribution is 5.27. The van der Waals surface area contributed by atoms with Crippen LogP contribution in [0.15, 0.2) is 54.6 Å². The Bertz CT molecular complexity index is 511. The minimum atomic E-state index is 0.574. The topological polar surface area (TPSA) is 38.5 Å². The quantitative estimate of drug-likeness (QED) is 0.757. The van der Waals surface area contributed by atoms with Crippen molar-refractivity contribution in [2.75, 3.05) is 20.2 Å². The third kappa shape index (κ3) is 5.58. The maximum atomic E-state index is 5.74. The first-order valence-corrected chi connectivity index (χ1v) is 7.42. The molecule has 0 bridgehead atoms. The van der Waals surface area contributed by atoms with Gasteiger partial charge in [-0.2, -0.15) is 0 Å². The molecule has 0 spiro atoms. The molecule has 0 atom stereocenters.